The fourth-order valence-corrected chi connectivity index (χ4v) is 2.04. The maximum Gasteiger partial charge on any atom is 0.226 e. The van der Waals surface area contributed by atoms with Gasteiger partial charge in [0, 0.05) is 18.2 Å². The number of oxazole rings is 1. The van der Waals surface area contributed by atoms with Crippen LogP contribution < -0.4 is 5.32 Å². The molecule has 0 spiro atoms. The second-order valence-electron chi connectivity index (χ2n) is 5.05. The Morgan fingerprint density at radius 1 is 1.38 bits per heavy atom. The minimum atomic E-state index is -0.119. The Balaban J connectivity index is 2.05. The van der Waals surface area contributed by atoms with Gasteiger partial charge >= 0.3 is 0 Å². The van der Waals surface area contributed by atoms with Crippen LogP contribution in [0.2, 0.25) is 0 Å². The van der Waals surface area contributed by atoms with Crippen LogP contribution in [0.5, 0.6) is 0 Å². The van der Waals surface area contributed by atoms with Crippen LogP contribution in [0.3, 0.4) is 0 Å². The molecule has 0 aliphatic rings. The molecule has 1 unspecified atom stereocenters. The summed E-state index contributed by atoms with van der Waals surface area (Å²) in [6.45, 7) is 3.72. The number of hydrogen-bond donors (Lipinski definition) is 2. The van der Waals surface area contributed by atoms with E-state index in [1.54, 1.807) is 6.92 Å². The van der Waals surface area contributed by atoms with Gasteiger partial charge in [-0.05, 0) is 32.4 Å². The lowest BCUT2D eigenvalue weighted by Gasteiger charge is -2.11. The number of carbonyl (C=O) groups excluding carboxylic acids is 1. The predicted octanol–water partition coefficient (Wildman–Crippen LogP) is 2.08. The first-order valence-corrected chi connectivity index (χ1v) is 7.02. The number of rotatable bonds is 6. The molecule has 1 amide bonds. The number of aromatic nitrogens is 1. The van der Waals surface area contributed by atoms with Gasteiger partial charge in [-0.25, -0.2) is 4.98 Å². The molecule has 1 aromatic heterocycles. The fourth-order valence-electron chi connectivity index (χ4n) is 2.04. The zero-order valence-corrected chi connectivity index (χ0v) is 12.3. The van der Waals surface area contributed by atoms with Gasteiger partial charge in [0.05, 0.1) is 12.1 Å². The molecule has 0 radical (unpaired) electrons. The van der Waals surface area contributed by atoms with Gasteiger partial charge in [-0.15, -0.1) is 0 Å². The second-order valence-corrected chi connectivity index (χ2v) is 5.05. The Hall–Kier alpha value is -2.14. The van der Waals surface area contributed by atoms with Crippen LogP contribution in [-0.4, -0.2) is 28.6 Å². The molecule has 112 valence electrons. The summed E-state index contributed by atoms with van der Waals surface area (Å²) in [5, 5.41) is 11.7. The van der Waals surface area contributed by atoms with E-state index in [1.165, 1.54) is 0 Å². The maximum absolute atomic E-state index is 11.9. The highest BCUT2D eigenvalue weighted by Gasteiger charge is 2.15. The first-order valence-electron chi connectivity index (χ1n) is 7.02. The maximum atomic E-state index is 11.9. The summed E-state index contributed by atoms with van der Waals surface area (Å²) in [6.07, 6.45) is 0.719. The molecule has 2 N–H and O–H groups in total. The number of aliphatic hydroxyl groups is 1. The fraction of sp³-hybridized carbons (Fsp3) is 0.375. The van der Waals surface area contributed by atoms with E-state index in [0.717, 1.165) is 5.56 Å². The van der Waals surface area contributed by atoms with Crippen molar-refractivity contribution in [2.24, 2.45) is 0 Å². The lowest BCUT2D eigenvalue weighted by atomic mass is 10.2. The highest BCUT2D eigenvalue weighted by atomic mass is 16.4. The monoisotopic (exact) mass is 288 g/mol. The summed E-state index contributed by atoms with van der Waals surface area (Å²) < 4.78 is 5.62. The number of nitrogens with zero attached hydrogens (tertiary/aromatic N) is 1. The molecular formula is C16H20N2O3. The second kappa shape index (κ2) is 7.04. The highest BCUT2D eigenvalue weighted by molar-refractivity contribution is 5.78. The lowest BCUT2D eigenvalue weighted by molar-refractivity contribution is -0.121. The van der Waals surface area contributed by atoms with Crippen molar-refractivity contribution in [1.29, 1.82) is 0 Å². The first-order chi connectivity index (χ1) is 10.1. The molecule has 2 aromatic rings. The molecule has 21 heavy (non-hydrogen) atoms. The van der Waals surface area contributed by atoms with E-state index < -0.39 is 0 Å². The number of carbonyl (C=O) groups is 1. The average molecular weight is 288 g/mol. The highest BCUT2D eigenvalue weighted by Crippen LogP contribution is 2.21. The van der Waals surface area contributed by atoms with Crippen LogP contribution in [-0.2, 0) is 11.2 Å². The molecule has 0 fully saturated rings. The van der Waals surface area contributed by atoms with Gasteiger partial charge in [-0.3, -0.25) is 4.79 Å². The minimum Gasteiger partial charge on any atom is -0.441 e. The Bertz CT molecular complexity index is 593. The zero-order chi connectivity index (χ0) is 15.2. The molecule has 0 saturated heterocycles. The van der Waals surface area contributed by atoms with Crippen LogP contribution in [0.4, 0.5) is 0 Å². The van der Waals surface area contributed by atoms with E-state index in [2.05, 4.69) is 10.3 Å². The molecule has 0 aliphatic heterocycles. The molecule has 5 nitrogen and oxygen atoms in total. The molecular weight excluding hydrogens is 268 g/mol. The van der Waals surface area contributed by atoms with Crippen LogP contribution in [0.15, 0.2) is 34.7 Å². The van der Waals surface area contributed by atoms with Crippen LogP contribution in [0, 0.1) is 6.92 Å². The Morgan fingerprint density at radius 2 is 2.10 bits per heavy atom. The average Bonchev–Trinajstić information content (AvgIpc) is 2.81. The first kappa shape index (κ1) is 15.3. The van der Waals surface area contributed by atoms with Crippen LogP contribution in [0.1, 0.15) is 24.8 Å². The van der Waals surface area contributed by atoms with Crippen molar-refractivity contribution >= 4 is 5.91 Å². The minimum absolute atomic E-state index is 0.0525. The normalized spacial score (nSPS) is 12.1. The Morgan fingerprint density at radius 3 is 2.76 bits per heavy atom. The van der Waals surface area contributed by atoms with Gasteiger partial charge in [-0.2, -0.15) is 0 Å². The number of nitrogens with one attached hydrogen (secondary N) is 1. The van der Waals surface area contributed by atoms with Crippen LogP contribution >= 0.6 is 0 Å². The van der Waals surface area contributed by atoms with Crippen molar-refractivity contribution in [1.82, 2.24) is 10.3 Å². The number of benzene rings is 1. The lowest BCUT2D eigenvalue weighted by Crippen LogP contribution is -2.34. The Kier molecular flexibility index (Phi) is 5.11. The number of hydrogen-bond acceptors (Lipinski definition) is 4. The van der Waals surface area contributed by atoms with Crippen molar-refractivity contribution < 1.29 is 14.3 Å². The number of aryl methyl sites for hydroxylation is 1. The molecule has 5 heteroatoms. The summed E-state index contributed by atoms with van der Waals surface area (Å²) in [6, 6.07) is 9.53. The van der Waals surface area contributed by atoms with Crippen LogP contribution in [0.25, 0.3) is 11.5 Å². The molecule has 1 heterocycles. The number of amides is 1. The third-order valence-electron chi connectivity index (χ3n) is 3.21. The van der Waals surface area contributed by atoms with Crippen molar-refractivity contribution in [3.63, 3.8) is 0 Å². The van der Waals surface area contributed by atoms with Crippen molar-refractivity contribution in [2.45, 2.75) is 32.7 Å². The molecule has 0 bridgehead atoms. The molecule has 1 atom stereocenters. The van der Waals surface area contributed by atoms with E-state index >= 15 is 0 Å². The van der Waals surface area contributed by atoms with E-state index in [4.69, 9.17) is 9.52 Å². The van der Waals surface area contributed by atoms with Crippen molar-refractivity contribution in [3.8, 4) is 11.5 Å². The molecule has 1 aromatic carbocycles. The standard InChI is InChI=1S/C16H20N2O3/c1-11(8-9-19)17-15(20)10-14-12(2)21-16(18-14)13-6-4-3-5-7-13/h3-7,11,19H,8-10H2,1-2H3,(H,17,20). The van der Waals surface area contributed by atoms with E-state index in [9.17, 15) is 4.79 Å². The van der Waals surface area contributed by atoms with Gasteiger partial charge in [0.1, 0.15) is 5.76 Å². The van der Waals surface area contributed by atoms with Crippen molar-refractivity contribution in [3.05, 3.63) is 41.8 Å². The van der Waals surface area contributed by atoms with Gasteiger partial charge in [-0.1, -0.05) is 18.2 Å². The van der Waals surface area contributed by atoms with E-state index in [1.807, 2.05) is 37.3 Å². The largest absolute Gasteiger partial charge is 0.441 e. The van der Waals surface area contributed by atoms with E-state index in [-0.39, 0.29) is 25.0 Å². The third-order valence-corrected chi connectivity index (χ3v) is 3.21. The molecule has 0 aliphatic carbocycles. The van der Waals surface area contributed by atoms with Gasteiger partial charge in [0.15, 0.2) is 0 Å². The molecule has 2 rings (SSSR count). The predicted molar refractivity (Wildman–Crippen MR) is 79.7 cm³/mol. The Labute approximate surface area is 124 Å². The van der Waals surface area contributed by atoms with Gasteiger partial charge in [0.2, 0.25) is 11.8 Å². The third kappa shape index (κ3) is 4.16. The topological polar surface area (TPSA) is 75.4 Å². The molecule has 0 saturated carbocycles. The SMILES string of the molecule is Cc1oc(-c2ccccc2)nc1CC(=O)NC(C)CCO. The van der Waals surface area contributed by atoms with Gasteiger partial charge in [0.25, 0.3) is 0 Å². The summed E-state index contributed by atoms with van der Waals surface area (Å²) in [5.41, 5.74) is 1.53. The summed E-state index contributed by atoms with van der Waals surface area (Å²) in [5.74, 6) is 1.06. The zero-order valence-electron chi connectivity index (χ0n) is 12.3. The van der Waals surface area contributed by atoms with Gasteiger partial charge < -0.3 is 14.8 Å². The summed E-state index contributed by atoms with van der Waals surface area (Å²) in [4.78, 5) is 16.3. The van der Waals surface area contributed by atoms with E-state index in [0.29, 0.717) is 23.8 Å². The van der Waals surface area contributed by atoms with Crippen molar-refractivity contribution in [2.75, 3.05) is 6.61 Å². The number of aliphatic hydroxyl groups excluding tert-OH is 1. The smallest absolute Gasteiger partial charge is 0.226 e. The summed E-state index contributed by atoms with van der Waals surface area (Å²) >= 11 is 0. The summed E-state index contributed by atoms with van der Waals surface area (Å²) in [7, 11) is 0. The quantitative estimate of drug-likeness (QED) is 0.853.